The number of ketones is 1. The van der Waals surface area contributed by atoms with Gasteiger partial charge in [-0.3, -0.25) is 9.59 Å². The fraction of sp³-hybridized carbons (Fsp3) is 0.167. The van der Waals surface area contributed by atoms with Gasteiger partial charge < -0.3 is 4.57 Å². The predicted octanol–water partition coefficient (Wildman–Crippen LogP) is 2.35. The Kier molecular flexibility index (Phi) is 2.84. The molecule has 82 valence electrons. The molecule has 0 radical (unpaired) electrons. The van der Waals surface area contributed by atoms with Gasteiger partial charge in [0.25, 0.3) is 0 Å². The quantitative estimate of drug-likeness (QED) is 0.596. The van der Waals surface area contributed by atoms with E-state index in [1.807, 2.05) is 29.8 Å². The summed E-state index contributed by atoms with van der Waals surface area (Å²) in [6.07, 6.45) is 1.60. The van der Waals surface area contributed by atoms with Crippen LogP contribution in [0.4, 0.5) is 0 Å². The first-order valence-corrected chi connectivity index (χ1v) is 5.88. The van der Waals surface area contributed by atoms with Crippen molar-refractivity contribution in [1.29, 1.82) is 0 Å². The van der Waals surface area contributed by atoms with Gasteiger partial charge in [-0.25, -0.2) is 0 Å². The molecule has 0 aliphatic heterocycles. The third-order valence-electron chi connectivity index (χ3n) is 2.53. The van der Waals surface area contributed by atoms with Crippen LogP contribution in [-0.4, -0.2) is 10.4 Å². The Morgan fingerprint density at radius 1 is 1.38 bits per heavy atom. The Bertz CT molecular complexity index is 643. The number of carbonyl (C=O) groups excluding carboxylic acids is 1. The Morgan fingerprint density at radius 2 is 2.06 bits per heavy atom. The van der Waals surface area contributed by atoms with E-state index >= 15 is 0 Å². The number of carbonyl (C=O) groups is 1. The number of rotatable bonds is 1. The number of Topliss-reactive ketones (excluding diaryl/α,β-unsaturated/α-hetero) is 1. The maximum Gasteiger partial charge on any atom is 0.200 e. The second-order valence-corrected chi connectivity index (χ2v) is 4.95. The monoisotopic (exact) mass is 327 g/mol. The molecule has 0 aliphatic carbocycles. The van der Waals surface area contributed by atoms with E-state index in [9.17, 15) is 9.59 Å². The zero-order chi connectivity index (χ0) is 11.9. The molecule has 0 saturated carbocycles. The molecule has 0 atom stereocenters. The predicted molar refractivity (Wildman–Crippen MR) is 71.9 cm³/mol. The fourth-order valence-electron chi connectivity index (χ4n) is 1.72. The smallest absolute Gasteiger partial charge is 0.200 e. The van der Waals surface area contributed by atoms with Gasteiger partial charge in [-0.15, -0.1) is 0 Å². The minimum absolute atomic E-state index is 0.181. The first-order valence-electron chi connectivity index (χ1n) is 4.80. The van der Waals surface area contributed by atoms with E-state index in [1.165, 1.54) is 6.92 Å². The van der Waals surface area contributed by atoms with Crippen LogP contribution in [0.15, 0.2) is 29.2 Å². The van der Waals surface area contributed by atoms with Crippen molar-refractivity contribution < 1.29 is 4.79 Å². The summed E-state index contributed by atoms with van der Waals surface area (Å²) in [7, 11) is 1.83. The molecule has 1 heterocycles. The molecule has 0 fully saturated rings. The first kappa shape index (κ1) is 11.3. The molecule has 0 saturated heterocycles. The molecule has 1 aromatic heterocycles. The Hall–Kier alpha value is -1.17. The van der Waals surface area contributed by atoms with Crippen molar-refractivity contribution in [3.8, 4) is 0 Å². The van der Waals surface area contributed by atoms with Crippen molar-refractivity contribution in [2.24, 2.45) is 7.05 Å². The number of aromatic nitrogens is 1. The van der Waals surface area contributed by atoms with Gasteiger partial charge in [0.1, 0.15) is 0 Å². The highest BCUT2D eigenvalue weighted by molar-refractivity contribution is 14.1. The van der Waals surface area contributed by atoms with Crippen LogP contribution < -0.4 is 5.43 Å². The second-order valence-electron chi connectivity index (χ2n) is 3.70. The van der Waals surface area contributed by atoms with Crippen molar-refractivity contribution in [2.45, 2.75) is 6.92 Å². The van der Waals surface area contributed by atoms with Gasteiger partial charge in [0, 0.05) is 22.2 Å². The van der Waals surface area contributed by atoms with Gasteiger partial charge in [0.05, 0.1) is 11.1 Å². The van der Waals surface area contributed by atoms with Crippen LogP contribution in [-0.2, 0) is 7.05 Å². The van der Waals surface area contributed by atoms with Gasteiger partial charge in [0.15, 0.2) is 11.2 Å². The Balaban J connectivity index is 2.98. The summed E-state index contributed by atoms with van der Waals surface area (Å²) in [5, 5.41) is 0.599. The highest BCUT2D eigenvalue weighted by Crippen LogP contribution is 2.14. The normalized spacial score (nSPS) is 10.7. The lowest BCUT2D eigenvalue weighted by molar-refractivity contribution is 0.101. The number of halogens is 1. The molecule has 4 heteroatoms. The molecule has 0 aliphatic rings. The number of hydrogen-bond acceptors (Lipinski definition) is 2. The molecular formula is C12H10INO2. The summed E-state index contributed by atoms with van der Waals surface area (Å²) >= 11 is 2.15. The van der Waals surface area contributed by atoms with E-state index in [1.54, 1.807) is 6.20 Å². The summed E-state index contributed by atoms with van der Waals surface area (Å²) in [6, 6.07) is 5.64. The van der Waals surface area contributed by atoms with E-state index in [4.69, 9.17) is 0 Å². The molecule has 16 heavy (non-hydrogen) atoms. The van der Waals surface area contributed by atoms with Crippen LogP contribution in [0, 0.1) is 3.57 Å². The molecule has 1 aromatic carbocycles. The fourth-order valence-corrected chi connectivity index (χ4v) is 2.21. The summed E-state index contributed by atoms with van der Waals surface area (Å²) < 4.78 is 2.80. The molecule has 2 rings (SSSR count). The molecule has 0 amide bonds. The van der Waals surface area contributed by atoms with E-state index in [0.717, 1.165) is 9.09 Å². The van der Waals surface area contributed by atoms with Crippen molar-refractivity contribution >= 4 is 39.3 Å². The van der Waals surface area contributed by atoms with Crippen LogP contribution in [0.25, 0.3) is 10.9 Å². The lowest BCUT2D eigenvalue weighted by Gasteiger charge is -2.07. The van der Waals surface area contributed by atoms with Gasteiger partial charge in [-0.1, -0.05) is 0 Å². The number of benzene rings is 1. The molecule has 3 nitrogen and oxygen atoms in total. The van der Waals surface area contributed by atoms with Crippen LogP contribution in [0.1, 0.15) is 17.3 Å². The number of pyridine rings is 1. The third-order valence-corrected chi connectivity index (χ3v) is 3.20. The summed E-state index contributed by atoms with van der Waals surface area (Å²) in [6.45, 7) is 1.41. The minimum atomic E-state index is -0.193. The standard InChI is InChI=1S/C12H10INO2/c1-7(15)10-6-14(2)11-4-3-8(13)5-9(11)12(10)16/h3-6H,1-2H3. The van der Waals surface area contributed by atoms with Crippen LogP contribution >= 0.6 is 22.6 Å². The van der Waals surface area contributed by atoms with E-state index in [2.05, 4.69) is 22.6 Å². The topological polar surface area (TPSA) is 39.1 Å². The Morgan fingerprint density at radius 3 is 2.69 bits per heavy atom. The minimum Gasteiger partial charge on any atom is -0.350 e. The lowest BCUT2D eigenvalue weighted by atomic mass is 10.1. The zero-order valence-electron chi connectivity index (χ0n) is 8.95. The highest BCUT2D eigenvalue weighted by atomic mass is 127. The summed E-state index contributed by atoms with van der Waals surface area (Å²) in [5.74, 6) is -0.193. The molecular weight excluding hydrogens is 317 g/mol. The van der Waals surface area contributed by atoms with Gasteiger partial charge in [-0.05, 0) is 47.7 Å². The number of fused-ring (bicyclic) bond motifs is 1. The largest absolute Gasteiger partial charge is 0.350 e. The number of nitrogens with zero attached hydrogens (tertiary/aromatic N) is 1. The maximum atomic E-state index is 12.0. The Labute approximate surface area is 106 Å². The van der Waals surface area contributed by atoms with Gasteiger partial charge in [0.2, 0.25) is 0 Å². The summed E-state index contributed by atoms with van der Waals surface area (Å²) in [4.78, 5) is 23.4. The summed E-state index contributed by atoms with van der Waals surface area (Å²) in [5.41, 5.74) is 0.909. The van der Waals surface area contributed by atoms with E-state index in [0.29, 0.717) is 5.39 Å². The molecule has 0 N–H and O–H groups in total. The van der Waals surface area contributed by atoms with Crippen molar-refractivity contribution in [3.05, 3.63) is 43.8 Å². The SMILES string of the molecule is CC(=O)c1cn(C)c2ccc(I)cc2c1=O. The molecule has 0 spiro atoms. The van der Waals surface area contributed by atoms with E-state index in [-0.39, 0.29) is 16.8 Å². The number of aryl methyl sites for hydroxylation is 1. The number of hydrogen-bond donors (Lipinski definition) is 0. The second kappa shape index (κ2) is 4.01. The van der Waals surface area contributed by atoms with Crippen molar-refractivity contribution in [3.63, 3.8) is 0 Å². The van der Waals surface area contributed by atoms with Crippen molar-refractivity contribution in [1.82, 2.24) is 4.57 Å². The van der Waals surface area contributed by atoms with E-state index < -0.39 is 0 Å². The average molecular weight is 327 g/mol. The lowest BCUT2D eigenvalue weighted by Crippen LogP contribution is -2.16. The molecule has 0 unspecified atom stereocenters. The molecule has 0 bridgehead atoms. The zero-order valence-corrected chi connectivity index (χ0v) is 11.1. The van der Waals surface area contributed by atoms with Crippen LogP contribution in [0.5, 0.6) is 0 Å². The van der Waals surface area contributed by atoms with Gasteiger partial charge in [-0.2, -0.15) is 0 Å². The molecule has 2 aromatic rings. The first-order chi connectivity index (χ1) is 7.50. The van der Waals surface area contributed by atoms with Crippen LogP contribution in [0.2, 0.25) is 0 Å². The maximum absolute atomic E-state index is 12.0. The van der Waals surface area contributed by atoms with Crippen LogP contribution in [0.3, 0.4) is 0 Å². The average Bonchev–Trinajstić information content (AvgIpc) is 2.22. The van der Waals surface area contributed by atoms with Gasteiger partial charge >= 0.3 is 0 Å². The third kappa shape index (κ3) is 1.77. The van der Waals surface area contributed by atoms with Crippen molar-refractivity contribution in [2.75, 3.05) is 0 Å². The highest BCUT2D eigenvalue weighted by Gasteiger charge is 2.10.